The molecular weight excluding hydrogens is 318 g/mol. The van der Waals surface area contributed by atoms with E-state index in [2.05, 4.69) is 46.2 Å². The second kappa shape index (κ2) is 6.30. The molecule has 6 heteroatoms. The van der Waals surface area contributed by atoms with Gasteiger partial charge in [0.2, 0.25) is 0 Å². The van der Waals surface area contributed by atoms with E-state index in [1.165, 1.54) is 5.56 Å². The first-order valence-electron chi connectivity index (χ1n) is 8.03. The van der Waals surface area contributed by atoms with Crippen LogP contribution >= 0.6 is 11.3 Å². The van der Waals surface area contributed by atoms with E-state index in [0.717, 1.165) is 46.3 Å². The third-order valence-electron chi connectivity index (χ3n) is 4.17. The Hall–Kier alpha value is -2.31. The van der Waals surface area contributed by atoms with Crippen molar-refractivity contribution in [2.45, 2.75) is 12.8 Å². The van der Waals surface area contributed by atoms with Crippen molar-refractivity contribution in [3.63, 3.8) is 0 Å². The van der Waals surface area contributed by atoms with E-state index >= 15 is 0 Å². The van der Waals surface area contributed by atoms with Gasteiger partial charge in [0.05, 0.1) is 10.6 Å². The lowest BCUT2D eigenvalue weighted by atomic mass is 10.1. The highest BCUT2D eigenvalue weighted by Crippen LogP contribution is 2.34. The lowest BCUT2D eigenvalue weighted by molar-refractivity contribution is 0.354. The Labute approximate surface area is 145 Å². The summed E-state index contributed by atoms with van der Waals surface area (Å²) < 4.78 is 0. The molecule has 1 aliphatic rings. The van der Waals surface area contributed by atoms with Crippen LogP contribution in [0.2, 0.25) is 0 Å². The average Bonchev–Trinajstić information content (AvgIpc) is 3.11. The van der Waals surface area contributed by atoms with Crippen molar-refractivity contribution < 1.29 is 0 Å². The van der Waals surface area contributed by atoms with Crippen molar-refractivity contribution in [1.29, 1.82) is 0 Å². The van der Waals surface area contributed by atoms with Crippen LogP contribution in [0.4, 0.5) is 5.82 Å². The van der Waals surface area contributed by atoms with E-state index in [1.54, 1.807) is 17.5 Å². The van der Waals surface area contributed by atoms with Crippen LogP contribution in [-0.4, -0.2) is 40.6 Å². The fourth-order valence-electron chi connectivity index (χ4n) is 2.96. The van der Waals surface area contributed by atoms with Crippen molar-refractivity contribution >= 4 is 17.2 Å². The summed E-state index contributed by atoms with van der Waals surface area (Å²) in [5.74, 6) is 1.07. The molecule has 0 saturated heterocycles. The molecule has 0 saturated carbocycles. The SMILES string of the molecule is CN(C)N1CCCc2ccc(-c3cnc(-c4cccnc4)s3)nc21. The molecule has 4 heterocycles. The summed E-state index contributed by atoms with van der Waals surface area (Å²) in [7, 11) is 4.13. The predicted octanol–water partition coefficient (Wildman–Crippen LogP) is 3.50. The minimum absolute atomic E-state index is 0.974. The number of hydrogen-bond donors (Lipinski definition) is 0. The Kier molecular flexibility index (Phi) is 4.00. The maximum Gasteiger partial charge on any atom is 0.146 e. The third kappa shape index (κ3) is 2.79. The zero-order chi connectivity index (χ0) is 16.5. The average molecular weight is 337 g/mol. The fraction of sp³-hybridized carbons (Fsp3) is 0.278. The highest BCUT2D eigenvalue weighted by molar-refractivity contribution is 7.18. The molecule has 0 atom stereocenters. The molecule has 5 nitrogen and oxygen atoms in total. The second-order valence-electron chi connectivity index (χ2n) is 6.02. The zero-order valence-electron chi connectivity index (χ0n) is 13.8. The normalized spacial score (nSPS) is 14.0. The van der Waals surface area contributed by atoms with Gasteiger partial charge in [-0.3, -0.25) is 9.99 Å². The van der Waals surface area contributed by atoms with Gasteiger partial charge in [0.25, 0.3) is 0 Å². The largest absolute Gasteiger partial charge is 0.290 e. The van der Waals surface area contributed by atoms with Gasteiger partial charge in [-0.2, -0.15) is 0 Å². The van der Waals surface area contributed by atoms with Gasteiger partial charge < -0.3 is 0 Å². The summed E-state index contributed by atoms with van der Waals surface area (Å²) in [5, 5.41) is 5.33. The first-order chi connectivity index (χ1) is 11.7. The summed E-state index contributed by atoms with van der Waals surface area (Å²) in [4.78, 5) is 14.7. The first-order valence-corrected chi connectivity index (χ1v) is 8.85. The molecule has 0 bridgehead atoms. The van der Waals surface area contributed by atoms with Crippen LogP contribution in [0.3, 0.4) is 0 Å². The maximum atomic E-state index is 4.93. The number of hydrogen-bond acceptors (Lipinski definition) is 6. The lowest BCUT2D eigenvalue weighted by Gasteiger charge is -2.34. The van der Waals surface area contributed by atoms with Gasteiger partial charge in [-0.1, -0.05) is 6.07 Å². The molecule has 0 aliphatic carbocycles. The molecule has 0 spiro atoms. The van der Waals surface area contributed by atoms with Crippen molar-refractivity contribution in [3.8, 4) is 21.1 Å². The van der Waals surface area contributed by atoms with Gasteiger partial charge in [-0.25, -0.2) is 15.0 Å². The lowest BCUT2D eigenvalue weighted by Crippen LogP contribution is -2.41. The number of fused-ring (bicyclic) bond motifs is 1. The van der Waals surface area contributed by atoms with Crippen molar-refractivity contribution in [3.05, 3.63) is 48.4 Å². The summed E-state index contributed by atoms with van der Waals surface area (Å²) in [6, 6.07) is 8.28. The smallest absolute Gasteiger partial charge is 0.146 e. The number of hydrazine groups is 1. The minimum atomic E-state index is 0.974. The summed E-state index contributed by atoms with van der Waals surface area (Å²) in [6.45, 7) is 1.01. The fourth-order valence-corrected chi connectivity index (χ4v) is 3.84. The molecule has 0 N–H and O–H groups in total. The molecule has 1 aliphatic heterocycles. The zero-order valence-corrected chi connectivity index (χ0v) is 14.6. The highest BCUT2D eigenvalue weighted by Gasteiger charge is 2.21. The molecular formula is C18H19N5S. The Balaban J connectivity index is 1.71. The number of anilines is 1. The molecule has 0 aromatic carbocycles. The van der Waals surface area contributed by atoms with Gasteiger partial charge in [0.15, 0.2) is 0 Å². The Bertz CT molecular complexity index is 844. The van der Waals surface area contributed by atoms with Crippen molar-refractivity contribution in [1.82, 2.24) is 20.0 Å². The summed E-state index contributed by atoms with van der Waals surface area (Å²) in [6.07, 6.45) is 7.79. The van der Waals surface area contributed by atoms with Crippen LogP contribution < -0.4 is 5.01 Å². The van der Waals surface area contributed by atoms with Gasteiger partial charge in [-0.05, 0) is 36.6 Å². The van der Waals surface area contributed by atoms with Gasteiger partial charge in [0, 0.05) is 44.8 Å². The van der Waals surface area contributed by atoms with Crippen LogP contribution in [0.15, 0.2) is 42.9 Å². The van der Waals surface area contributed by atoms with E-state index in [-0.39, 0.29) is 0 Å². The van der Waals surface area contributed by atoms with Crippen LogP contribution in [0.5, 0.6) is 0 Å². The Morgan fingerprint density at radius 3 is 2.88 bits per heavy atom. The third-order valence-corrected chi connectivity index (χ3v) is 5.23. The molecule has 24 heavy (non-hydrogen) atoms. The summed E-state index contributed by atoms with van der Waals surface area (Å²) in [5.41, 5.74) is 3.34. The molecule has 122 valence electrons. The molecule has 0 radical (unpaired) electrons. The number of nitrogens with zero attached hydrogens (tertiary/aromatic N) is 5. The van der Waals surface area contributed by atoms with E-state index in [0.29, 0.717) is 0 Å². The topological polar surface area (TPSA) is 45.2 Å². The van der Waals surface area contributed by atoms with Gasteiger partial charge >= 0.3 is 0 Å². The van der Waals surface area contributed by atoms with E-state index < -0.39 is 0 Å². The second-order valence-corrected chi connectivity index (χ2v) is 7.06. The first kappa shape index (κ1) is 15.2. The molecule has 0 fully saturated rings. The van der Waals surface area contributed by atoms with E-state index in [4.69, 9.17) is 4.98 Å². The van der Waals surface area contributed by atoms with Crippen LogP contribution in [0.1, 0.15) is 12.0 Å². The predicted molar refractivity (Wildman–Crippen MR) is 97.9 cm³/mol. The van der Waals surface area contributed by atoms with Crippen LogP contribution in [0.25, 0.3) is 21.1 Å². The quantitative estimate of drug-likeness (QED) is 0.732. The number of rotatable bonds is 3. The Morgan fingerprint density at radius 1 is 1.17 bits per heavy atom. The maximum absolute atomic E-state index is 4.93. The van der Waals surface area contributed by atoms with Crippen LogP contribution in [0, 0.1) is 0 Å². The molecule has 4 rings (SSSR count). The molecule has 0 amide bonds. The molecule has 3 aromatic rings. The van der Waals surface area contributed by atoms with Gasteiger partial charge in [-0.15, -0.1) is 11.3 Å². The minimum Gasteiger partial charge on any atom is -0.290 e. The monoisotopic (exact) mass is 337 g/mol. The highest BCUT2D eigenvalue weighted by atomic mass is 32.1. The number of thiazole rings is 1. The van der Waals surface area contributed by atoms with E-state index in [1.807, 2.05) is 24.5 Å². The number of aryl methyl sites for hydroxylation is 1. The molecule has 3 aromatic heterocycles. The van der Waals surface area contributed by atoms with Gasteiger partial charge in [0.1, 0.15) is 10.8 Å². The number of aromatic nitrogens is 3. The van der Waals surface area contributed by atoms with Crippen molar-refractivity contribution in [2.24, 2.45) is 0 Å². The molecule has 0 unspecified atom stereocenters. The van der Waals surface area contributed by atoms with Crippen LogP contribution in [-0.2, 0) is 6.42 Å². The standard InChI is InChI=1S/C18H19N5S/c1-22(2)23-10-4-6-13-7-8-15(21-17(13)23)16-12-20-18(24-16)14-5-3-9-19-11-14/h3,5,7-9,11-12H,4,6,10H2,1-2H3. The number of pyridine rings is 2. The Morgan fingerprint density at radius 2 is 2.08 bits per heavy atom. The summed E-state index contributed by atoms with van der Waals surface area (Å²) >= 11 is 1.65. The van der Waals surface area contributed by atoms with Crippen molar-refractivity contribution in [2.75, 3.05) is 25.6 Å². The van der Waals surface area contributed by atoms with E-state index in [9.17, 15) is 0 Å².